The van der Waals surface area contributed by atoms with Gasteiger partial charge in [0, 0.05) is 6.20 Å². The zero-order valence-electron chi connectivity index (χ0n) is 7.46. The lowest BCUT2D eigenvalue weighted by Crippen LogP contribution is -2.01. The average Bonchev–Trinajstić information content (AvgIpc) is 2.24. The van der Waals surface area contributed by atoms with Crippen LogP contribution in [-0.4, -0.2) is 0 Å². The van der Waals surface area contributed by atoms with Crippen LogP contribution >= 0.6 is 0 Å². The Bertz CT molecular complexity index is 124. The van der Waals surface area contributed by atoms with Crippen molar-refractivity contribution in [3.63, 3.8) is 0 Å². The molecule has 0 saturated heterocycles. The Morgan fingerprint density at radius 2 is 1.42 bits per heavy atom. The summed E-state index contributed by atoms with van der Waals surface area (Å²) in [6.45, 7) is 0. The first-order chi connectivity index (χ1) is 6.00. The Kier molecular flexibility index (Phi) is 5.17. The molecule has 1 heterocycles. The lowest BCUT2D eigenvalue weighted by Gasteiger charge is -2.05. The van der Waals surface area contributed by atoms with Crippen molar-refractivity contribution in [2.75, 3.05) is 0 Å². The van der Waals surface area contributed by atoms with Crippen LogP contribution in [0.1, 0.15) is 38.5 Å². The molecule has 1 N–H and O–H groups in total. The third-order valence-corrected chi connectivity index (χ3v) is 1.99. The molecule has 12 heavy (non-hydrogen) atoms. The van der Waals surface area contributed by atoms with Crippen LogP contribution in [0.4, 0.5) is 0 Å². The molecule has 1 saturated carbocycles. The molecule has 0 amide bonds. The summed E-state index contributed by atoms with van der Waals surface area (Å²) in [4.78, 5) is 4.55. The van der Waals surface area contributed by atoms with Gasteiger partial charge < -0.3 is 4.84 Å². The minimum absolute atomic E-state index is 1.50. The molecule has 2 nitrogen and oxygen atoms in total. The summed E-state index contributed by atoms with van der Waals surface area (Å²) in [6.07, 6.45) is 15.9. The molecule has 2 aliphatic rings. The highest BCUT2D eigenvalue weighted by molar-refractivity contribution is 5.00. The monoisotopic (exact) mass is 167 g/mol. The van der Waals surface area contributed by atoms with Gasteiger partial charge in [0.1, 0.15) is 6.26 Å². The van der Waals surface area contributed by atoms with E-state index in [1.165, 1.54) is 38.5 Å². The van der Waals surface area contributed by atoms with Gasteiger partial charge in [-0.15, -0.1) is 0 Å². The van der Waals surface area contributed by atoms with Crippen molar-refractivity contribution in [1.29, 1.82) is 0 Å². The van der Waals surface area contributed by atoms with Crippen molar-refractivity contribution >= 4 is 0 Å². The Morgan fingerprint density at radius 1 is 0.833 bits per heavy atom. The molecule has 2 rings (SSSR count). The molecule has 0 atom stereocenters. The van der Waals surface area contributed by atoms with Crippen LogP contribution in [0.15, 0.2) is 24.6 Å². The second-order valence-electron chi connectivity index (χ2n) is 3.04. The summed E-state index contributed by atoms with van der Waals surface area (Å²) in [6, 6.07) is 0. The zero-order valence-corrected chi connectivity index (χ0v) is 7.46. The minimum Gasteiger partial charge on any atom is -0.391 e. The molecule has 1 aliphatic heterocycles. The summed E-state index contributed by atoms with van der Waals surface area (Å²) in [5.41, 5.74) is 2.52. The molecule has 0 spiro atoms. The molecule has 1 aliphatic carbocycles. The molecule has 0 bridgehead atoms. The van der Waals surface area contributed by atoms with Crippen LogP contribution in [0, 0.1) is 0 Å². The lowest BCUT2D eigenvalue weighted by molar-refractivity contribution is 0.172. The van der Waals surface area contributed by atoms with Crippen LogP contribution in [0.5, 0.6) is 0 Å². The van der Waals surface area contributed by atoms with Crippen molar-refractivity contribution in [1.82, 2.24) is 5.48 Å². The quantitative estimate of drug-likeness (QED) is 0.599. The maximum atomic E-state index is 4.55. The maximum Gasteiger partial charge on any atom is 0.119 e. The first kappa shape index (κ1) is 9.17. The second kappa shape index (κ2) is 6.77. The SMILES string of the molecule is C1=CNOC=C1.C1CCCCC1. The summed E-state index contributed by atoms with van der Waals surface area (Å²) in [5, 5.41) is 0. The van der Waals surface area contributed by atoms with Crippen molar-refractivity contribution in [2.24, 2.45) is 0 Å². The van der Waals surface area contributed by atoms with E-state index in [-0.39, 0.29) is 0 Å². The van der Waals surface area contributed by atoms with Crippen molar-refractivity contribution < 1.29 is 4.84 Å². The number of hydrogen-bond acceptors (Lipinski definition) is 2. The van der Waals surface area contributed by atoms with Gasteiger partial charge in [-0.05, 0) is 12.2 Å². The molecule has 0 aromatic heterocycles. The smallest absolute Gasteiger partial charge is 0.119 e. The molecular formula is C10H17NO. The van der Waals surface area contributed by atoms with E-state index in [4.69, 9.17) is 0 Å². The van der Waals surface area contributed by atoms with Crippen molar-refractivity contribution in [2.45, 2.75) is 38.5 Å². The van der Waals surface area contributed by atoms with Crippen LogP contribution in [0.3, 0.4) is 0 Å². The van der Waals surface area contributed by atoms with E-state index >= 15 is 0 Å². The highest BCUT2D eigenvalue weighted by Gasteiger charge is 1.95. The molecule has 0 unspecified atom stereocenters. The number of hydroxylamine groups is 1. The number of nitrogens with one attached hydrogen (secondary N) is 1. The highest BCUT2D eigenvalue weighted by Crippen LogP contribution is 2.15. The number of rotatable bonds is 0. The Labute approximate surface area is 74.3 Å². The Balaban J connectivity index is 0.000000120. The maximum absolute atomic E-state index is 4.55. The summed E-state index contributed by atoms with van der Waals surface area (Å²) >= 11 is 0. The van der Waals surface area contributed by atoms with Gasteiger partial charge in [0.2, 0.25) is 0 Å². The third-order valence-electron chi connectivity index (χ3n) is 1.99. The van der Waals surface area contributed by atoms with Gasteiger partial charge in [-0.25, -0.2) is 5.48 Å². The van der Waals surface area contributed by atoms with Crippen LogP contribution in [0.25, 0.3) is 0 Å². The zero-order chi connectivity index (χ0) is 8.49. The first-order valence-corrected chi connectivity index (χ1v) is 4.73. The van der Waals surface area contributed by atoms with Crippen molar-refractivity contribution in [3.05, 3.63) is 24.6 Å². The van der Waals surface area contributed by atoms with Crippen molar-refractivity contribution in [3.8, 4) is 0 Å². The molecule has 68 valence electrons. The van der Waals surface area contributed by atoms with Gasteiger partial charge in [-0.1, -0.05) is 38.5 Å². The molecule has 0 aromatic rings. The molecule has 0 aromatic carbocycles. The summed E-state index contributed by atoms with van der Waals surface area (Å²) in [7, 11) is 0. The average molecular weight is 167 g/mol. The fraction of sp³-hybridized carbons (Fsp3) is 0.600. The minimum atomic E-state index is 1.50. The van der Waals surface area contributed by atoms with Gasteiger partial charge in [-0.3, -0.25) is 0 Å². The van der Waals surface area contributed by atoms with Crippen LogP contribution < -0.4 is 5.48 Å². The van der Waals surface area contributed by atoms with Crippen LogP contribution in [0.2, 0.25) is 0 Å². The molecule has 2 heteroatoms. The van der Waals surface area contributed by atoms with E-state index in [0.717, 1.165) is 0 Å². The lowest BCUT2D eigenvalue weighted by atomic mass is 10.0. The Hall–Kier alpha value is -0.920. The van der Waals surface area contributed by atoms with Gasteiger partial charge in [-0.2, -0.15) is 0 Å². The largest absolute Gasteiger partial charge is 0.391 e. The fourth-order valence-electron chi connectivity index (χ4n) is 1.32. The van der Waals surface area contributed by atoms with E-state index in [2.05, 4.69) is 10.3 Å². The van der Waals surface area contributed by atoms with E-state index in [1.54, 1.807) is 18.5 Å². The molecule has 1 fully saturated rings. The summed E-state index contributed by atoms with van der Waals surface area (Å²) < 4.78 is 0. The van der Waals surface area contributed by atoms with E-state index in [9.17, 15) is 0 Å². The first-order valence-electron chi connectivity index (χ1n) is 4.73. The Morgan fingerprint density at radius 3 is 1.58 bits per heavy atom. The van der Waals surface area contributed by atoms with Gasteiger partial charge in [0.05, 0.1) is 0 Å². The predicted octanol–water partition coefficient (Wildman–Crippen LogP) is 2.89. The normalized spacial score (nSPS) is 20.0. The van der Waals surface area contributed by atoms with Crippen LogP contribution in [-0.2, 0) is 4.84 Å². The number of hydrogen-bond donors (Lipinski definition) is 1. The predicted molar refractivity (Wildman–Crippen MR) is 50.2 cm³/mol. The van der Waals surface area contributed by atoms with E-state index in [0.29, 0.717) is 0 Å². The van der Waals surface area contributed by atoms with Gasteiger partial charge in [0.15, 0.2) is 0 Å². The van der Waals surface area contributed by atoms with E-state index < -0.39 is 0 Å². The topological polar surface area (TPSA) is 21.3 Å². The molecular weight excluding hydrogens is 150 g/mol. The molecule has 0 radical (unpaired) electrons. The van der Waals surface area contributed by atoms with E-state index in [1.807, 2.05) is 6.08 Å². The third kappa shape index (κ3) is 4.83. The fourth-order valence-corrected chi connectivity index (χ4v) is 1.32. The number of allylic oxidation sites excluding steroid dienone is 2. The standard InChI is InChI=1S/C6H12.C4H5NO/c2*1-2-4-6-5-3-1/h1-6H2;1-5H. The second-order valence-corrected chi connectivity index (χ2v) is 3.04. The van der Waals surface area contributed by atoms with Gasteiger partial charge in [0.25, 0.3) is 0 Å². The summed E-state index contributed by atoms with van der Waals surface area (Å²) in [5.74, 6) is 0. The highest BCUT2D eigenvalue weighted by atomic mass is 16.6. The van der Waals surface area contributed by atoms with Gasteiger partial charge >= 0.3 is 0 Å².